The molecule has 0 aliphatic heterocycles. The molecule has 1 N–H and O–H groups in total. The van der Waals surface area contributed by atoms with Crippen molar-refractivity contribution in [3.8, 4) is 20.2 Å². The van der Waals surface area contributed by atoms with E-state index in [4.69, 9.17) is 5.11 Å². The molecular formula is C15H12O2S3. The van der Waals surface area contributed by atoms with Gasteiger partial charge in [0, 0.05) is 33.2 Å². The number of carbonyl (C=O) groups is 1. The summed E-state index contributed by atoms with van der Waals surface area (Å²) in [4.78, 5) is 16.3. The second-order valence-electron chi connectivity index (χ2n) is 4.22. The minimum Gasteiger partial charge on any atom is -0.396 e. The highest BCUT2D eigenvalue weighted by molar-refractivity contribution is 7.22. The molecule has 3 rings (SSSR count). The molecule has 0 amide bonds. The van der Waals surface area contributed by atoms with Crippen LogP contribution in [-0.2, 0) is 6.42 Å². The minimum absolute atomic E-state index is 0.185. The standard InChI is InChI=1S/C15H12O2S3/c16-7-5-10-1-4-14(19-10)15-12(6-8-18-15)13-3-2-11(9-17)20-13/h1-4,6,8-9,16H,5,7H2. The largest absolute Gasteiger partial charge is 0.396 e. The first-order chi connectivity index (χ1) is 9.81. The van der Waals surface area contributed by atoms with Crippen LogP contribution in [0, 0.1) is 0 Å². The molecule has 0 fully saturated rings. The average molecular weight is 320 g/mol. The van der Waals surface area contributed by atoms with Gasteiger partial charge in [0.1, 0.15) is 0 Å². The van der Waals surface area contributed by atoms with Gasteiger partial charge < -0.3 is 5.11 Å². The molecule has 3 aromatic rings. The molecule has 3 heterocycles. The molecule has 0 atom stereocenters. The lowest BCUT2D eigenvalue weighted by molar-refractivity contribution is 0.112. The van der Waals surface area contributed by atoms with Crippen LogP contribution in [0.5, 0.6) is 0 Å². The molecule has 0 radical (unpaired) electrons. The Labute approximate surface area is 129 Å². The van der Waals surface area contributed by atoms with Gasteiger partial charge in [0.2, 0.25) is 0 Å². The molecule has 0 bridgehead atoms. The molecule has 5 heteroatoms. The van der Waals surface area contributed by atoms with E-state index in [1.165, 1.54) is 31.5 Å². The van der Waals surface area contributed by atoms with Crippen LogP contribution in [0.4, 0.5) is 0 Å². The number of hydrogen-bond donors (Lipinski definition) is 1. The van der Waals surface area contributed by atoms with E-state index >= 15 is 0 Å². The topological polar surface area (TPSA) is 37.3 Å². The fraction of sp³-hybridized carbons (Fsp3) is 0.133. The van der Waals surface area contributed by atoms with Crippen molar-refractivity contribution in [2.45, 2.75) is 6.42 Å². The second kappa shape index (κ2) is 6.01. The van der Waals surface area contributed by atoms with E-state index in [0.717, 1.165) is 16.0 Å². The van der Waals surface area contributed by atoms with Crippen LogP contribution in [-0.4, -0.2) is 18.0 Å². The lowest BCUT2D eigenvalue weighted by atomic mass is 10.2. The summed E-state index contributed by atoms with van der Waals surface area (Å²) in [7, 11) is 0. The van der Waals surface area contributed by atoms with Gasteiger partial charge in [-0.3, -0.25) is 4.79 Å². The van der Waals surface area contributed by atoms with Crippen molar-refractivity contribution in [3.63, 3.8) is 0 Å². The van der Waals surface area contributed by atoms with Crippen molar-refractivity contribution in [1.29, 1.82) is 0 Å². The molecule has 0 aliphatic carbocycles. The lowest BCUT2D eigenvalue weighted by Crippen LogP contribution is -1.84. The van der Waals surface area contributed by atoms with Gasteiger partial charge in [-0.1, -0.05) is 0 Å². The van der Waals surface area contributed by atoms with Crippen molar-refractivity contribution in [2.24, 2.45) is 0 Å². The summed E-state index contributed by atoms with van der Waals surface area (Å²) in [6.07, 6.45) is 1.60. The van der Waals surface area contributed by atoms with Gasteiger partial charge >= 0.3 is 0 Å². The SMILES string of the molecule is O=Cc1ccc(-c2ccsc2-c2ccc(CCO)s2)s1. The average Bonchev–Trinajstić information content (AvgIpc) is 3.18. The van der Waals surface area contributed by atoms with Crippen LogP contribution in [0.15, 0.2) is 35.7 Å². The number of aldehydes is 1. The van der Waals surface area contributed by atoms with Crippen LogP contribution in [0.3, 0.4) is 0 Å². The van der Waals surface area contributed by atoms with Crippen LogP contribution in [0.1, 0.15) is 14.5 Å². The Morgan fingerprint density at radius 2 is 1.90 bits per heavy atom. The summed E-state index contributed by atoms with van der Waals surface area (Å²) < 4.78 is 0. The van der Waals surface area contributed by atoms with E-state index < -0.39 is 0 Å². The monoisotopic (exact) mass is 320 g/mol. The summed E-state index contributed by atoms with van der Waals surface area (Å²) in [5.74, 6) is 0. The maximum atomic E-state index is 10.8. The zero-order chi connectivity index (χ0) is 13.9. The van der Waals surface area contributed by atoms with Gasteiger partial charge in [-0.15, -0.1) is 34.0 Å². The number of aliphatic hydroxyl groups is 1. The molecule has 2 nitrogen and oxygen atoms in total. The van der Waals surface area contributed by atoms with Crippen molar-refractivity contribution >= 4 is 40.3 Å². The third kappa shape index (κ3) is 2.62. The Kier molecular flexibility index (Phi) is 4.12. The van der Waals surface area contributed by atoms with E-state index in [0.29, 0.717) is 6.42 Å². The summed E-state index contributed by atoms with van der Waals surface area (Å²) in [5.41, 5.74) is 1.19. The van der Waals surface area contributed by atoms with Gasteiger partial charge in [0.25, 0.3) is 0 Å². The highest BCUT2D eigenvalue weighted by Crippen LogP contribution is 2.42. The van der Waals surface area contributed by atoms with Crippen molar-refractivity contribution in [3.05, 3.63) is 45.5 Å². The fourth-order valence-electron chi connectivity index (χ4n) is 2.00. The van der Waals surface area contributed by atoms with E-state index in [1.807, 2.05) is 12.1 Å². The molecule has 0 unspecified atom stereocenters. The van der Waals surface area contributed by atoms with E-state index in [2.05, 4.69) is 23.6 Å². The maximum absolute atomic E-state index is 10.8. The molecule has 20 heavy (non-hydrogen) atoms. The predicted octanol–water partition coefficient (Wildman–Crippen LogP) is 4.55. The van der Waals surface area contributed by atoms with Crippen LogP contribution in [0.2, 0.25) is 0 Å². The normalized spacial score (nSPS) is 10.8. The third-order valence-electron chi connectivity index (χ3n) is 2.92. The smallest absolute Gasteiger partial charge is 0.160 e. The zero-order valence-electron chi connectivity index (χ0n) is 10.5. The highest BCUT2D eigenvalue weighted by Gasteiger charge is 2.13. The summed E-state index contributed by atoms with van der Waals surface area (Å²) >= 11 is 4.95. The quantitative estimate of drug-likeness (QED) is 0.700. The second-order valence-corrected chi connectivity index (χ2v) is 7.42. The Balaban J connectivity index is 1.98. The number of thiophene rings is 3. The Bertz CT molecular complexity index is 721. The van der Waals surface area contributed by atoms with E-state index in [1.54, 1.807) is 22.7 Å². The first-order valence-corrected chi connectivity index (χ1v) is 8.66. The minimum atomic E-state index is 0.185. The summed E-state index contributed by atoms with van der Waals surface area (Å²) in [6.45, 7) is 0.185. The molecular weight excluding hydrogens is 308 g/mol. The molecule has 0 saturated heterocycles. The number of carbonyl (C=O) groups excluding carboxylic acids is 1. The Hall–Kier alpha value is -1.27. The Morgan fingerprint density at radius 3 is 2.65 bits per heavy atom. The number of aliphatic hydroxyl groups excluding tert-OH is 1. The fourth-order valence-corrected chi connectivity index (χ4v) is 4.97. The number of rotatable bonds is 5. The highest BCUT2D eigenvalue weighted by atomic mass is 32.1. The van der Waals surface area contributed by atoms with E-state index in [-0.39, 0.29) is 6.61 Å². The molecule has 0 aromatic carbocycles. The maximum Gasteiger partial charge on any atom is 0.160 e. The molecule has 0 spiro atoms. The van der Waals surface area contributed by atoms with Gasteiger partial charge in [0.15, 0.2) is 6.29 Å². The van der Waals surface area contributed by atoms with Gasteiger partial charge in [0.05, 0.1) is 9.75 Å². The summed E-state index contributed by atoms with van der Waals surface area (Å²) in [5, 5.41) is 11.1. The first kappa shape index (κ1) is 13.7. The number of hydrogen-bond acceptors (Lipinski definition) is 5. The summed E-state index contributed by atoms with van der Waals surface area (Å²) in [6, 6.07) is 10.2. The van der Waals surface area contributed by atoms with Crippen LogP contribution in [0.25, 0.3) is 20.2 Å². The van der Waals surface area contributed by atoms with Gasteiger partial charge in [-0.05, 0) is 35.7 Å². The Morgan fingerprint density at radius 1 is 1.05 bits per heavy atom. The third-order valence-corrected chi connectivity index (χ3v) is 6.20. The van der Waals surface area contributed by atoms with Crippen molar-refractivity contribution in [2.75, 3.05) is 6.61 Å². The van der Waals surface area contributed by atoms with Gasteiger partial charge in [-0.25, -0.2) is 0 Å². The predicted molar refractivity (Wildman–Crippen MR) is 87.1 cm³/mol. The van der Waals surface area contributed by atoms with Crippen molar-refractivity contribution < 1.29 is 9.90 Å². The van der Waals surface area contributed by atoms with Crippen LogP contribution >= 0.6 is 34.0 Å². The van der Waals surface area contributed by atoms with Crippen molar-refractivity contribution in [1.82, 2.24) is 0 Å². The zero-order valence-corrected chi connectivity index (χ0v) is 13.0. The van der Waals surface area contributed by atoms with Crippen LogP contribution < -0.4 is 0 Å². The first-order valence-electron chi connectivity index (χ1n) is 6.14. The lowest BCUT2D eigenvalue weighted by Gasteiger charge is -1.98. The molecule has 0 saturated carbocycles. The van der Waals surface area contributed by atoms with E-state index in [9.17, 15) is 4.79 Å². The molecule has 3 aromatic heterocycles. The molecule has 0 aliphatic rings. The van der Waals surface area contributed by atoms with Gasteiger partial charge in [-0.2, -0.15) is 0 Å². The molecule has 102 valence electrons.